The Bertz CT molecular complexity index is 582. The lowest BCUT2D eigenvalue weighted by molar-refractivity contribution is 0.278. The average molecular weight is 350 g/mol. The van der Waals surface area contributed by atoms with Crippen LogP contribution in [0.2, 0.25) is 5.02 Å². The lowest BCUT2D eigenvalue weighted by Gasteiger charge is -2.34. The minimum Gasteiger partial charge on any atom is -0.309 e. The summed E-state index contributed by atoms with van der Waals surface area (Å²) >= 11 is 8.12. The van der Waals surface area contributed by atoms with Crippen LogP contribution in [0.1, 0.15) is 49.1 Å². The molecule has 3 unspecified atom stereocenters. The fourth-order valence-corrected chi connectivity index (χ4v) is 5.90. The minimum absolute atomic E-state index is 0.172. The molecule has 2 rings (SSSR count). The van der Waals surface area contributed by atoms with Crippen molar-refractivity contribution in [1.29, 1.82) is 0 Å². The van der Waals surface area contributed by atoms with Crippen LogP contribution < -0.4 is 5.32 Å². The highest BCUT2D eigenvalue weighted by Crippen LogP contribution is 2.42. The van der Waals surface area contributed by atoms with Crippen molar-refractivity contribution in [2.45, 2.75) is 50.8 Å². The molecule has 0 spiro atoms. The van der Waals surface area contributed by atoms with Crippen LogP contribution in [0.4, 0.5) is 0 Å². The molecular weight excluding hydrogens is 326 g/mol. The zero-order chi connectivity index (χ0) is 15.6. The molecule has 21 heavy (non-hydrogen) atoms. The van der Waals surface area contributed by atoms with E-state index in [9.17, 15) is 8.42 Å². The molecule has 1 N–H and O–H groups in total. The predicted molar refractivity (Wildman–Crippen MR) is 91.1 cm³/mol. The van der Waals surface area contributed by atoms with Crippen molar-refractivity contribution in [3.05, 3.63) is 20.8 Å². The summed E-state index contributed by atoms with van der Waals surface area (Å²) in [7, 11) is -2.95. The SMILES string of the molecule is CCNC(c1scc(C)c1Cl)C1CCCC(S(C)(=O)=O)C1. The van der Waals surface area contributed by atoms with Crippen LogP contribution in [0.3, 0.4) is 0 Å². The van der Waals surface area contributed by atoms with E-state index in [1.165, 1.54) is 6.26 Å². The van der Waals surface area contributed by atoms with E-state index in [2.05, 4.69) is 17.6 Å². The molecule has 1 aromatic heterocycles. The van der Waals surface area contributed by atoms with Gasteiger partial charge in [-0.05, 0) is 49.6 Å². The third kappa shape index (κ3) is 4.01. The first-order valence-corrected chi connectivity index (χ1v) is 10.7. The average Bonchev–Trinajstić information content (AvgIpc) is 2.76. The van der Waals surface area contributed by atoms with Gasteiger partial charge in [0.05, 0.1) is 10.3 Å². The summed E-state index contributed by atoms with van der Waals surface area (Å²) < 4.78 is 23.8. The molecule has 3 atom stereocenters. The Morgan fingerprint density at radius 3 is 2.71 bits per heavy atom. The zero-order valence-corrected chi connectivity index (χ0v) is 15.2. The number of sulfone groups is 1. The summed E-state index contributed by atoms with van der Waals surface area (Å²) in [4.78, 5) is 1.16. The van der Waals surface area contributed by atoms with Gasteiger partial charge in [0.2, 0.25) is 0 Å². The van der Waals surface area contributed by atoms with Gasteiger partial charge in [-0.1, -0.05) is 24.9 Å². The summed E-state index contributed by atoms with van der Waals surface area (Å²) in [6.07, 6.45) is 4.95. The topological polar surface area (TPSA) is 46.2 Å². The summed E-state index contributed by atoms with van der Waals surface area (Å²) in [6.45, 7) is 4.96. The molecule has 1 aromatic rings. The molecule has 1 aliphatic carbocycles. The maximum Gasteiger partial charge on any atom is 0.150 e. The number of halogens is 1. The Balaban J connectivity index is 2.24. The third-order valence-corrected chi connectivity index (χ3v) is 7.81. The highest BCUT2D eigenvalue weighted by Gasteiger charge is 2.34. The Labute approximate surface area is 137 Å². The van der Waals surface area contributed by atoms with Crippen LogP contribution in [-0.4, -0.2) is 26.5 Å². The van der Waals surface area contributed by atoms with Crippen LogP contribution >= 0.6 is 22.9 Å². The first-order chi connectivity index (χ1) is 9.84. The van der Waals surface area contributed by atoms with E-state index in [0.29, 0.717) is 5.92 Å². The van der Waals surface area contributed by atoms with Crippen LogP contribution in [0.15, 0.2) is 5.38 Å². The molecule has 0 aliphatic heterocycles. The van der Waals surface area contributed by atoms with Crippen molar-refractivity contribution in [3.8, 4) is 0 Å². The second-order valence-electron chi connectivity index (χ2n) is 6.01. The predicted octanol–water partition coefficient (Wildman–Crippen LogP) is 3.96. The quantitative estimate of drug-likeness (QED) is 0.875. The van der Waals surface area contributed by atoms with Crippen LogP contribution in [-0.2, 0) is 9.84 Å². The van der Waals surface area contributed by atoms with Crippen LogP contribution in [0.5, 0.6) is 0 Å². The minimum atomic E-state index is -2.95. The van der Waals surface area contributed by atoms with Crippen molar-refractivity contribution in [2.75, 3.05) is 12.8 Å². The number of hydrogen-bond donors (Lipinski definition) is 1. The second kappa shape index (κ2) is 6.99. The lowest BCUT2D eigenvalue weighted by Crippen LogP contribution is -2.35. The van der Waals surface area contributed by atoms with Gasteiger partial charge in [-0.3, -0.25) is 0 Å². The van der Waals surface area contributed by atoms with Gasteiger partial charge in [0.1, 0.15) is 9.84 Å². The van der Waals surface area contributed by atoms with E-state index in [1.54, 1.807) is 11.3 Å². The molecule has 0 bridgehead atoms. The fraction of sp³-hybridized carbons (Fsp3) is 0.733. The van der Waals surface area contributed by atoms with E-state index in [1.807, 2.05) is 6.92 Å². The maximum atomic E-state index is 11.9. The van der Waals surface area contributed by atoms with Crippen molar-refractivity contribution in [1.82, 2.24) is 5.32 Å². The molecule has 6 heteroatoms. The standard InChI is InChI=1S/C15H24ClNO2S2/c1-4-17-14(15-13(16)10(2)9-20-15)11-6-5-7-12(8-11)21(3,18)19/h9,11-12,14,17H,4-8H2,1-3H3. The lowest BCUT2D eigenvalue weighted by atomic mass is 9.83. The van der Waals surface area contributed by atoms with E-state index in [-0.39, 0.29) is 11.3 Å². The largest absolute Gasteiger partial charge is 0.309 e. The molecule has 1 fully saturated rings. The molecule has 1 heterocycles. The van der Waals surface area contributed by atoms with E-state index < -0.39 is 9.84 Å². The molecular formula is C15H24ClNO2S2. The fourth-order valence-electron chi connectivity index (χ4n) is 3.23. The monoisotopic (exact) mass is 349 g/mol. The third-order valence-electron chi connectivity index (χ3n) is 4.38. The van der Waals surface area contributed by atoms with Gasteiger partial charge in [-0.2, -0.15) is 0 Å². The van der Waals surface area contributed by atoms with Gasteiger partial charge in [-0.25, -0.2) is 8.42 Å². The summed E-state index contributed by atoms with van der Waals surface area (Å²) in [5.74, 6) is 0.342. The molecule has 1 aliphatic rings. The van der Waals surface area contributed by atoms with Gasteiger partial charge >= 0.3 is 0 Å². The number of aryl methyl sites for hydroxylation is 1. The van der Waals surface area contributed by atoms with E-state index >= 15 is 0 Å². The van der Waals surface area contributed by atoms with Gasteiger partial charge in [0.25, 0.3) is 0 Å². The number of rotatable bonds is 5. The first-order valence-electron chi connectivity index (χ1n) is 7.50. The van der Waals surface area contributed by atoms with Gasteiger partial charge in [0.15, 0.2) is 0 Å². The van der Waals surface area contributed by atoms with Gasteiger partial charge < -0.3 is 5.32 Å². The normalized spacial score (nSPS) is 25.0. The number of hydrogen-bond acceptors (Lipinski definition) is 4. The second-order valence-corrected chi connectivity index (χ2v) is 9.63. The van der Waals surface area contributed by atoms with Crippen LogP contribution in [0.25, 0.3) is 0 Å². The Hall–Kier alpha value is -0.100. The molecule has 120 valence electrons. The Kier molecular flexibility index (Phi) is 5.74. The first kappa shape index (κ1) is 17.3. The molecule has 0 aromatic carbocycles. The van der Waals surface area contributed by atoms with Crippen molar-refractivity contribution >= 4 is 32.8 Å². The smallest absolute Gasteiger partial charge is 0.150 e. The van der Waals surface area contributed by atoms with Gasteiger partial charge in [0, 0.05) is 17.2 Å². The summed E-state index contributed by atoms with van der Waals surface area (Å²) in [5, 5.41) is 6.25. The van der Waals surface area contributed by atoms with Crippen molar-refractivity contribution < 1.29 is 8.42 Å². The van der Waals surface area contributed by atoms with Crippen LogP contribution in [0, 0.1) is 12.8 Å². The number of thiophene rings is 1. The van der Waals surface area contributed by atoms with E-state index in [4.69, 9.17) is 11.6 Å². The van der Waals surface area contributed by atoms with Crippen molar-refractivity contribution in [2.24, 2.45) is 5.92 Å². The number of nitrogens with one attached hydrogen (secondary N) is 1. The van der Waals surface area contributed by atoms with Crippen molar-refractivity contribution in [3.63, 3.8) is 0 Å². The molecule has 0 saturated heterocycles. The Morgan fingerprint density at radius 2 is 2.19 bits per heavy atom. The maximum absolute atomic E-state index is 11.9. The molecule has 0 radical (unpaired) electrons. The molecule has 3 nitrogen and oxygen atoms in total. The summed E-state index contributed by atoms with van der Waals surface area (Å²) in [5.41, 5.74) is 1.11. The highest BCUT2D eigenvalue weighted by atomic mass is 35.5. The molecule has 0 amide bonds. The van der Waals surface area contributed by atoms with Gasteiger partial charge in [-0.15, -0.1) is 11.3 Å². The van der Waals surface area contributed by atoms with E-state index in [0.717, 1.165) is 47.7 Å². The molecule has 1 saturated carbocycles. The zero-order valence-electron chi connectivity index (χ0n) is 12.9. The summed E-state index contributed by atoms with van der Waals surface area (Å²) in [6, 6.07) is 0.172. The highest BCUT2D eigenvalue weighted by molar-refractivity contribution is 7.91. The Morgan fingerprint density at radius 1 is 1.48 bits per heavy atom.